The normalized spacial score (nSPS) is 15.2. The zero-order valence-electron chi connectivity index (χ0n) is 18.6. The minimum Gasteiger partial charge on any atom is -0.420 e. The topological polar surface area (TPSA) is 93.4 Å². The summed E-state index contributed by atoms with van der Waals surface area (Å²) < 4.78 is 43.4. The van der Waals surface area contributed by atoms with Gasteiger partial charge in [-0.05, 0) is 68.7 Å². The van der Waals surface area contributed by atoms with E-state index in [0.717, 1.165) is 5.56 Å². The van der Waals surface area contributed by atoms with Crippen molar-refractivity contribution in [2.45, 2.75) is 49.2 Å². The Balaban J connectivity index is 1.33. The molecule has 2 heterocycles. The summed E-state index contributed by atoms with van der Waals surface area (Å²) in [7, 11) is -3.33. The van der Waals surface area contributed by atoms with Crippen LogP contribution in [-0.2, 0) is 21.1 Å². The van der Waals surface area contributed by atoms with Crippen molar-refractivity contribution in [1.82, 2.24) is 15.1 Å². The largest absolute Gasteiger partial charge is 0.420 e. The van der Waals surface area contributed by atoms with Crippen LogP contribution < -0.4 is 0 Å². The van der Waals surface area contributed by atoms with Crippen molar-refractivity contribution < 1.29 is 22.0 Å². The number of carbonyl (C=O) groups excluding carboxylic acids is 1. The molecule has 0 spiro atoms. The number of sulfone groups is 1. The summed E-state index contributed by atoms with van der Waals surface area (Å²) >= 11 is 0. The average molecular weight is 472 g/mol. The highest BCUT2D eigenvalue weighted by Crippen LogP contribution is 2.29. The van der Waals surface area contributed by atoms with Crippen molar-refractivity contribution in [3.8, 4) is 11.5 Å². The van der Waals surface area contributed by atoms with Crippen LogP contribution in [0.4, 0.5) is 4.39 Å². The number of nitrogens with zero attached hydrogens (tertiary/aromatic N) is 3. The molecule has 0 unspecified atom stereocenters. The molecule has 33 heavy (non-hydrogen) atoms. The Morgan fingerprint density at radius 3 is 2.30 bits per heavy atom. The molecule has 1 aromatic heterocycles. The number of halogens is 1. The number of aromatic nitrogens is 2. The van der Waals surface area contributed by atoms with Crippen molar-refractivity contribution in [2.75, 3.05) is 13.1 Å². The van der Waals surface area contributed by atoms with E-state index < -0.39 is 15.1 Å². The van der Waals surface area contributed by atoms with E-state index in [4.69, 9.17) is 4.42 Å². The number of carbonyl (C=O) groups is 1. The molecule has 7 nitrogen and oxygen atoms in total. The molecular weight excluding hydrogens is 445 g/mol. The van der Waals surface area contributed by atoms with Crippen molar-refractivity contribution in [3.63, 3.8) is 0 Å². The lowest BCUT2D eigenvalue weighted by atomic mass is 9.96. The van der Waals surface area contributed by atoms with Gasteiger partial charge < -0.3 is 9.32 Å². The number of rotatable bonds is 6. The van der Waals surface area contributed by atoms with Crippen LogP contribution in [-0.4, -0.2) is 47.8 Å². The molecule has 4 rings (SSSR count). The fourth-order valence-corrected chi connectivity index (χ4v) is 4.90. The molecule has 1 aliphatic heterocycles. The Labute approximate surface area is 192 Å². The lowest BCUT2D eigenvalue weighted by Gasteiger charge is -2.30. The van der Waals surface area contributed by atoms with E-state index in [1.807, 2.05) is 4.90 Å². The zero-order chi connectivity index (χ0) is 23.6. The summed E-state index contributed by atoms with van der Waals surface area (Å²) in [4.78, 5) is 14.8. The van der Waals surface area contributed by atoms with Gasteiger partial charge in [0.15, 0.2) is 9.84 Å². The number of hydrogen-bond acceptors (Lipinski definition) is 6. The summed E-state index contributed by atoms with van der Waals surface area (Å²) in [5, 5.41) is 7.74. The van der Waals surface area contributed by atoms with Crippen molar-refractivity contribution in [2.24, 2.45) is 0 Å². The van der Waals surface area contributed by atoms with Gasteiger partial charge in [0.2, 0.25) is 17.7 Å². The fourth-order valence-electron chi connectivity index (χ4n) is 3.84. The fraction of sp³-hybridized carbons (Fsp3) is 0.375. The summed E-state index contributed by atoms with van der Waals surface area (Å²) in [6.07, 6.45) is 1.65. The van der Waals surface area contributed by atoms with Crippen LogP contribution in [0.5, 0.6) is 0 Å². The van der Waals surface area contributed by atoms with Gasteiger partial charge in [-0.1, -0.05) is 12.1 Å². The second-order valence-corrected chi connectivity index (χ2v) is 11.0. The smallest absolute Gasteiger partial charge is 0.247 e. The summed E-state index contributed by atoms with van der Waals surface area (Å²) in [6.45, 7) is 4.46. The lowest BCUT2D eigenvalue weighted by Crippen LogP contribution is -2.38. The molecule has 2 aromatic carbocycles. The molecule has 0 aliphatic carbocycles. The second-order valence-electron chi connectivity index (χ2n) is 8.52. The third-order valence-corrected chi connectivity index (χ3v) is 8.13. The number of hydrogen-bond donors (Lipinski definition) is 0. The first kappa shape index (κ1) is 23.1. The maximum absolute atomic E-state index is 13.1. The van der Waals surface area contributed by atoms with Crippen LogP contribution in [0.15, 0.2) is 57.8 Å². The first-order chi connectivity index (χ1) is 15.7. The van der Waals surface area contributed by atoms with E-state index in [2.05, 4.69) is 10.2 Å². The van der Waals surface area contributed by atoms with Crippen LogP contribution in [0.3, 0.4) is 0 Å². The molecule has 174 valence electrons. The maximum atomic E-state index is 13.1. The molecule has 0 radical (unpaired) electrons. The Kier molecular flexibility index (Phi) is 6.60. The highest BCUT2D eigenvalue weighted by atomic mass is 32.2. The van der Waals surface area contributed by atoms with Gasteiger partial charge in [-0.2, -0.15) is 0 Å². The van der Waals surface area contributed by atoms with Crippen molar-refractivity contribution >= 4 is 15.7 Å². The van der Waals surface area contributed by atoms with Gasteiger partial charge in [-0.25, -0.2) is 12.8 Å². The lowest BCUT2D eigenvalue weighted by molar-refractivity contribution is -0.131. The predicted octanol–water partition coefficient (Wildman–Crippen LogP) is 4.01. The van der Waals surface area contributed by atoms with E-state index in [1.54, 1.807) is 50.2 Å². The van der Waals surface area contributed by atoms with Crippen molar-refractivity contribution in [3.05, 3.63) is 65.8 Å². The SMILES string of the molecule is CC(C)S(=O)(=O)c1ccc(CC(=O)N2CCC(c3nnc(-c4ccc(F)cc4)o3)CC2)cc1. The molecule has 0 bridgehead atoms. The summed E-state index contributed by atoms with van der Waals surface area (Å²) in [5.41, 5.74) is 1.45. The Bertz CT molecular complexity index is 1210. The summed E-state index contributed by atoms with van der Waals surface area (Å²) in [5.74, 6) is 0.628. The summed E-state index contributed by atoms with van der Waals surface area (Å²) in [6, 6.07) is 12.4. The standard InChI is InChI=1S/C24H26FN3O4S/c1-16(2)33(30,31)21-9-3-17(4-10-21)15-22(29)28-13-11-19(12-14-28)24-27-26-23(32-24)18-5-7-20(25)8-6-18/h3-10,16,19H,11-15H2,1-2H3. The Morgan fingerprint density at radius 2 is 1.70 bits per heavy atom. The third kappa shape index (κ3) is 5.13. The van der Waals surface area contributed by atoms with Crippen LogP contribution in [0, 0.1) is 5.82 Å². The molecule has 0 N–H and O–H groups in total. The van der Waals surface area contributed by atoms with Gasteiger partial charge in [0.25, 0.3) is 0 Å². The van der Waals surface area contributed by atoms with Crippen LogP contribution in [0.1, 0.15) is 44.1 Å². The average Bonchev–Trinajstić information content (AvgIpc) is 3.30. The first-order valence-corrected chi connectivity index (χ1v) is 12.5. The van der Waals surface area contributed by atoms with Gasteiger partial charge in [-0.15, -0.1) is 10.2 Å². The Morgan fingerprint density at radius 1 is 1.06 bits per heavy atom. The molecule has 1 saturated heterocycles. The minimum absolute atomic E-state index is 0.00504. The Hall–Kier alpha value is -3.07. The molecule has 0 saturated carbocycles. The van der Waals surface area contributed by atoms with Gasteiger partial charge >= 0.3 is 0 Å². The third-order valence-electron chi connectivity index (χ3n) is 5.96. The molecular formula is C24H26FN3O4S. The molecule has 9 heteroatoms. The second kappa shape index (κ2) is 9.43. The van der Waals surface area contributed by atoms with Gasteiger partial charge in [0.1, 0.15) is 5.82 Å². The maximum Gasteiger partial charge on any atom is 0.247 e. The van der Waals surface area contributed by atoms with Crippen LogP contribution >= 0.6 is 0 Å². The van der Waals surface area contributed by atoms with Crippen LogP contribution in [0.2, 0.25) is 0 Å². The minimum atomic E-state index is -3.33. The van der Waals surface area contributed by atoms with E-state index in [-0.39, 0.29) is 29.0 Å². The van der Waals surface area contributed by atoms with Gasteiger partial charge in [0, 0.05) is 24.6 Å². The number of amides is 1. The predicted molar refractivity (Wildman–Crippen MR) is 121 cm³/mol. The van der Waals surface area contributed by atoms with E-state index in [0.29, 0.717) is 43.3 Å². The molecule has 0 atom stereocenters. The molecule has 1 fully saturated rings. The number of piperidine rings is 1. The monoisotopic (exact) mass is 471 g/mol. The quantitative estimate of drug-likeness (QED) is 0.539. The molecule has 3 aromatic rings. The number of benzene rings is 2. The first-order valence-electron chi connectivity index (χ1n) is 10.9. The highest BCUT2D eigenvalue weighted by Gasteiger charge is 2.27. The van der Waals surface area contributed by atoms with Gasteiger partial charge in [0.05, 0.1) is 16.6 Å². The van der Waals surface area contributed by atoms with E-state index in [9.17, 15) is 17.6 Å². The van der Waals surface area contributed by atoms with E-state index in [1.165, 1.54) is 12.1 Å². The number of likely N-dealkylation sites (tertiary alicyclic amines) is 1. The van der Waals surface area contributed by atoms with Crippen LogP contribution in [0.25, 0.3) is 11.5 Å². The molecule has 1 aliphatic rings. The molecule has 1 amide bonds. The van der Waals surface area contributed by atoms with E-state index >= 15 is 0 Å². The highest BCUT2D eigenvalue weighted by molar-refractivity contribution is 7.92. The zero-order valence-corrected chi connectivity index (χ0v) is 19.4. The van der Waals surface area contributed by atoms with Gasteiger partial charge in [-0.3, -0.25) is 4.79 Å². The van der Waals surface area contributed by atoms with Crippen molar-refractivity contribution in [1.29, 1.82) is 0 Å².